The van der Waals surface area contributed by atoms with Gasteiger partial charge in [0, 0.05) is 11.1 Å². The minimum atomic E-state index is -3.72. The maximum Gasteiger partial charge on any atom is 0.241 e. The van der Waals surface area contributed by atoms with Gasteiger partial charge in [0.05, 0.1) is 10.9 Å². The van der Waals surface area contributed by atoms with Crippen LogP contribution in [0.5, 0.6) is 0 Å². The van der Waals surface area contributed by atoms with Crippen molar-refractivity contribution in [2.45, 2.75) is 24.3 Å². The van der Waals surface area contributed by atoms with Crippen LogP contribution in [0, 0.1) is 6.92 Å². The lowest BCUT2D eigenvalue weighted by Gasteiger charge is -2.19. The Labute approximate surface area is 158 Å². The summed E-state index contributed by atoms with van der Waals surface area (Å²) in [7, 11) is -3.72. The molecule has 3 aromatic rings. The summed E-state index contributed by atoms with van der Waals surface area (Å²) in [5, 5.41) is 0. The van der Waals surface area contributed by atoms with E-state index in [2.05, 4.69) is 4.72 Å². The lowest BCUT2D eigenvalue weighted by molar-refractivity contribution is 0.103. The molecular weight excluding hydrogens is 358 g/mol. The first kappa shape index (κ1) is 17.6. The third kappa shape index (κ3) is 3.31. The van der Waals surface area contributed by atoms with Gasteiger partial charge in [-0.25, -0.2) is 13.1 Å². The molecule has 1 aliphatic carbocycles. The molecule has 0 heterocycles. The normalized spacial score (nSPS) is 16.3. The Balaban J connectivity index is 1.79. The van der Waals surface area contributed by atoms with Crippen molar-refractivity contribution in [3.63, 3.8) is 0 Å². The highest BCUT2D eigenvalue weighted by Crippen LogP contribution is 2.31. The van der Waals surface area contributed by atoms with Gasteiger partial charge in [0.15, 0.2) is 5.78 Å². The molecule has 1 unspecified atom stereocenters. The van der Waals surface area contributed by atoms with E-state index >= 15 is 0 Å². The molecule has 0 aromatic heterocycles. The number of hydrogen-bond donors (Lipinski definition) is 1. The second-order valence-corrected chi connectivity index (χ2v) is 8.48. The van der Waals surface area contributed by atoms with Crippen LogP contribution >= 0.6 is 0 Å². The van der Waals surface area contributed by atoms with Crippen molar-refractivity contribution in [1.82, 2.24) is 4.72 Å². The number of aryl methyl sites for hydroxylation is 1. The van der Waals surface area contributed by atoms with Crippen LogP contribution in [0.15, 0.2) is 77.7 Å². The largest absolute Gasteiger partial charge is 0.289 e. The van der Waals surface area contributed by atoms with Gasteiger partial charge in [-0.05, 0) is 36.6 Å². The second kappa shape index (κ2) is 6.76. The van der Waals surface area contributed by atoms with E-state index in [-0.39, 0.29) is 10.7 Å². The van der Waals surface area contributed by atoms with Gasteiger partial charge >= 0.3 is 0 Å². The fourth-order valence-corrected chi connectivity index (χ4v) is 4.70. The molecule has 0 amide bonds. The third-order valence-electron chi connectivity index (χ3n) is 4.90. The smallest absolute Gasteiger partial charge is 0.241 e. The zero-order chi connectivity index (χ0) is 19.0. The molecule has 1 atom stereocenters. The summed E-state index contributed by atoms with van der Waals surface area (Å²) in [6.07, 6.45) is 0.421. The maximum absolute atomic E-state index is 13.0. The molecule has 27 heavy (non-hydrogen) atoms. The molecule has 0 bridgehead atoms. The standard InChI is InChI=1S/C22H19NO3S/c1-15-10-12-17(13-11-15)27(25,26)23-21-14-16-6-2-3-7-18(16)22(24)20-9-5-4-8-19(20)21/h2-13,21,23H,14H2,1H3. The van der Waals surface area contributed by atoms with E-state index < -0.39 is 16.1 Å². The van der Waals surface area contributed by atoms with Gasteiger partial charge in [-0.15, -0.1) is 0 Å². The number of nitrogens with one attached hydrogen (secondary N) is 1. The molecule has 5 heteroatoms. The number of carbonyl (C=O) groups excluding carboxylic acids is 1. The number of sulfonamides is 1. The van der Waals surface area contributed by atoms with Crippen LogP contribution < -0.4 is 4.72 Å². The van der Waals surface area contributed by atoms with E-state index in [9.17, 15) is 13.2 Å². The molecule has 0 fully saturated rings. The summed E-state index contributed by atoms with van der Waals surface area (Å²) in [6, 6.07) is 20.8. The van der Waals surface area contributed by atoms with Crippen LogP contribution in [-0.2, 0) is 16.4 Å². The molecular formula is C22H19NO3S. The highest BCUT2D eigenvalue weighted by Gasteiger charge is 2.30. The predicted octanol–water partition coefficient (Wildman–Crippen LogP) is 3.80. The van der Waals surface area contributed by atoms with Crippen LogP contribution in [0.3, 0.4) is 0 Å². The Morgan fingerprint density at radius 1 is 0.852 bits per heavy atom. The van der Waals surface area contributed by atoms with E-state index in [0.717, 1.165) is 11.1 Å². The first-order valence-electron chi connectivity index (χ1n) is 8.76. The van der Waals surface area contributed by atoms with Crippen molar-refractivity contribution in [2.75, 3.05) is 0 Å². The van der Waals surface area contributed by atoms with Crippen LogP contribution in [0.1, 0.15) is 38.7 Å². The van der Waals surface area contributed by atoms with Crippen molar-refractivity contribution in [1.29, 1.82) is 0 Å². The monoisotopic (exact) mass is 377 g/mol. The van der Waals surface area contributed by atoms with Gasteiger partial charge < -0.3 is 0 Å². The summed E-state index contributed by atoms with van der Waals surface area (Å²) in [4.78, 5) is 13.2. The van der Waals surface area contributed by atoms with Crippen LogP contribution in [0.4, 0.5) is 0 Å². The lowest BCUT2D eigenvalue weighted by atomic mass is 9.98. The summed E-state index contributed by atoms with van der Waals surface area (Å²) in [5.41, 5.74) is 3.71. The summed E-state index contributed by atoms with van der Waals surface area (Å²) in [6.45, 7) is 1.91. The molecule has 4 nitrogen and oxygen atoms in total. The molecule has 136 valence electrons. The van der Waals surface area contributed by atoms with Gasteiger partial charge in [0.1, 0.15) is 0 Å². The Kier molecular flexibility index (Phi) is 4.42. The van der Waals surface area contributed by atoms with Crippen molar-refractivity contribution >= 4 is 15.8 Å². The lowest BCUT2D eigenvalue weighted by Crippen LogP contribution is -2.30. The number of rotatable bonds is 3. The van der Waals surface area contributed by atoms with Gasteiger partial charge in [-0.1, -0.05) is 66.2 Å². The minimum Gasteiger partial charge on any atom is -0.289 e. The first-order chi connectivity index (χ1) is 13.0. The average Bonchev–Trinajstić information content (AvgIpc) is 2.78. The second-order valence-electron chi connectivity index (χ2n) is 6.76. The SMILES string of the molecule is Cc1ccc(S(=O)(=O)NC2Cc3ccccc3C(=O)c3ccccc32)cc1. The van der Waals surface area contributed by atoms with Crippen molar-refractivity contribution < 1.29 is 13.2 Å². The van der Waals surface area contributed by atoms with Crippen molar-refractivity contribution in [2.24, 2.45) is 0 Å². The Morgan fingerprint density at radius 2 is 1.48 bits per heavy atom. The Morgan fingerprint density at radius 3 is 2.22 bits per heavy atom. The van der Waals surface area contributed by atoms with E-state index in [0.29, 0.717) is 23.1 Å². The number of fused-ring (bicyclic) bond motifs is 2. The first-order valence-corrected chi connectivity index (χ1v) is 10.2. The molecule has 0 saturated heterocycles. The van der Waals surface area contributed by atoms with E-state index in [4.69, 9.17) is 0 Å². The van der Waals surface area contributed by atoms with Crippen LogP contribution in [-0.4, -0.2) is 14.2 Å². The Bertz CT molecular complexity index is 1120. The topological polar surface area (TPSA) is 63.2 Å². The third-order valence-corrected chi connectivity index (χ3v) is 6.38. The molecule has 4 rings (SSSR count). The molecule has 3 aromatic carbocycles. The average molecular weight is 377 g/mol. The predicted molar refractivity (Wildman–Crippen MR) is 104 cm³/mol. The van der Waals surface area contributed by atoms with E-state index in [1.165, 1.54) is 0 Å². The molecule has 0 spiro atoms. The van der Waals surface area contributed by atoms with Gasteiger partial charge in [-0.2, -0.15) is 0 Å². The number of ketones is 1. The van der Waals surface area contributed by atoms with Gasteiger partial charge in [-0.3, -0.25) is 4.79 Å². The zero-order valence-corrected chi connectivity index (χ0v) is 15.7. The quantitative estimate of drug-likeness (QED) is 0.755. The van der Waals surface area contributed by atoms with Gasteiger partial charge in [0.25, 0.3) is 0 Å². The van der Waals surface area contributed by atoms with Crippen LogP contribution in [0.2, 0.25) is 0 Å². The van der Waals surface area contributed by atoms with E-state index in [1.54, 1.807) is 42.5 Å². The number of hydrogen-bond acceptors (Lipinski definition) is 3. The number of carbonyl (C=O) groups is 1. The van der Waals surface area contributed by atoms with Gasteiger partial charge in [0.2, 0.25) is 10.0 Å². The minimum absolute atomic E-state index is 0.0711. The highest BCUT2D eigenvalue weighted by molar-refractivity contribution is 7.89. The molecule has 1 aliphatic rings. The fourth-order valence-electron chi connectivity index (χ4n) is 3.48. The summed E-state index contributed by atoms with van der Waals surface area (Å²) < 4.78 is 28.7. The molecule has 0 radical (unpaired) electrons. The van der Waals surface area contributed by atoms with Crippen molar-refractivity contribution in [3.05, 3.63) is 101 Å². The van der Waals surface area contributed by atoms with Crippen LogP contribution in [0.25, 0.3) is 0 Å². The van der Waals surface area contributed by atoms with E-state index in [1.807, 2.05) is 37.3 Å². The maximum atomic E-state index is 13.0. The summed E-state index contributed by atoms with van der Waals surface area (Å²) >= 11 is 0. The Hall–Kier alpha value is -2.76. The molecule has 0 saturated carbocycles. The zero-order valence-electron chi connectivity index (χ0n) is 14.8. The number of benzene rings is 3. The summed E-state index contributed by atoms with van der Waals surface area (Å²) in [5.74, 6) is -0.0711. The molecule has 1 N–H and O–H groups in total. The fraction of sp³-hybridized carbons (Fsp3) is 0.136. The molecule has 0 aliphatic heterocycles. The van der Waals surface area contributed by atoms with Crippen molar-refractivity contribution in [3.8, 4) is 0 Å². The highest BCUT2D eigenvalue weighted by atomic mass is 32.2.